The first-order valence-electron chi connectivity index (χ1n) is 12.0. The van der Waals surface area contributed by atoms with Gasteiger partial charge in [0.1, 0.15) is 18.1 Å². The average molecular weight is 507 g/mol. The van der Waals surface area contributed by atoms with Gasteiger partial charge in [-0.3, -0.25) is 19.2 Å². The molecule has 11 nitrogen and oxygen atoms in total. The Hall–Kier alpha value is -3.47. The highest BCUT2D eigenvalue weighted by Gasteiger charge is 2.33. The number of nitrogens with one attached hydrogen (secondary N) is 3. The number of hydrogen-bond donors (Lipinski definition) is 6. The SMILES string of the molecule is CCC(C)C(NC(=O)C(Cc1ccccc1)NC(=O)C(N)C(C)C)C(=O)NC(CCC(=O)O)C(=O)O. The molecule has 5 atom stereocenters. The normalized spacial score (nSPS) is 15.2. The Kier molecular flexibility index (Phi) is 12.6. The van der Waals surface area contributed by atoms with Crippen molar-refractivity contribution < 1.29 is 34.2 Å². The fourth-order valence-electron chi connectivity index (χ4n) is 3.37. The summed E-state index contributed by atoms with van der Waals surface area (Å²) in [4.78, 5) is 61.3. The van der Waals surface area contributed by atoms with Gasteiger partial charge in [-0.1, -0.05) is 64.4 Å². The fraction of sp³-hybridized carbons (Fsp3) is 0.560. The van der Waals surface area contributed by atoms with Crippen LogP contribution in [0.4, 0.5) is 0 Å². The molecule has 0 bridgehead atoms. The predicted octanol–water partition coefficient (Wildman–Crippen LogP) is 0.662. The van der Waals surface area contributed by atoms with E-state index in [1.165, 1.54) is 0 Å². The van der Waals surface area contributed by atoms with Crippen molar-refractivity contribution in [2.24, 2.45) is 17.6 Å². The molecule has 200 valence electrons. The lowest BCUT2D eigenvalue weighted by Crippen LogP contribution is -2.59. The van der Waals surface area contributed by atoms with Crippen molar-refractivity contribution in [1.29, 1.82) is 0 Å². The highest BCUT2D eigenvalue weighted by molar-refractivity contribution is 5.94. The Morgan fingerprint density at radius 2 is 1.44 bits per heavy atom. The van der Waals surface area contributed by atoms with Crippen molar-refractivity contribution in [3.05, 3.63) is 35.9 Å². The molecule has 0 heterocycles. The number of amides is 3. The Bertz CT molecular complexity index is 907. The van der Waals surface area contributed by atoms with E-state index < -0.39 is 60.2 Å². The molecule has 1 aromatic carbocycles. The fourth-order valence-corrected chi connectivity index (χ4v) is 3.37. The summed E-state index contributed by atoms with van der Waals surface area (Å²) in [6, 6.07) is 4.60. The van der Waals surface area contributed by atoms with Crippen LogP contribution in [0, 0.1) is 11.8 Å². The number of carbonyl (C=O) groups is 5. The minimum atomic E-state index is -1.43. The van der Waals surface area contributed by atoms with Crippen LogP contribution in [0.1, 0.15) is 52.5 Å². The largest absolute Gasteiger partial charge is 0.481 e. The summed E-state index contributed by atoms with van der Waals surface area (Å²) in [5, 5.41) is 25.9. The first kappa shape index (κ1) is 30.6. The van der Waals surface area contributed by atoms with Crippen LogP contribution in [0.25, 0.3) is 0 Å². The summed E-state index contributed by atoms with van der Waals surface area (Å²) >= 11 is 0. The molecule has 0 spiro atoms. The molecule has 0 aliphatic carbocycles. The highest BCUT2D eigenvalue weighted by atomic mass is 16.4. The molecular weight excluding hydrogens is 468 g/mol. The van der Waals surface area contributed by atoms with E-state index in [1.54, 1.807) is 52.0 Å². The summed E-state index contributed by atoms with van der Waals surface area (Å²) in [6.45, 7) is 7.09. The van der Waals surface area contributed by atoms with Gasteiger partial charge in [-0.05, 0) is 23.8 Å². The molecule has 0 saturated heterocycles. The van der Waals surface area contributed by atoms with Crippen molar-refractivity contribution in [1.82, 2.24) is 16.0 Å². The van der Waals surface area contributed by atoms with E-state index >= 15 is 0 Å². The second-order valence-corrected chi connectivity index (χ2v) is 9.22. The number of aliphatic carboxylic acids is 2. The number of rotatable bonds is 15. The number of carboxylic acid groups (broad SMARTS) is 2. The molecule has 36 heavy (non-hydrogen) atoms. The van der Waals surface area contributed by atoms with Crippen LogP contribution >= 0.6 is 0 Å². The van der Waals surface area contributed by atoms with Crippen LogP contribution in [0.5, 0.6) is 0 Å². The van der Waals surface area contributed by atoms with Crippen molar-refractivity contribution in [2.45, 2.75) is 77.5 Å². The summed E-state index contributed by atoms with van der Waals surface area (Å²) in [7, 11) is 0. The predicted molar refractivity (Wildman–Crippen MR) is 133 cm³/mol. The molecule has 0 aliphatic heterocycles. The van der Waals surface area contributed by atoms with Gasteiger partial charge in [0.05, 0.1) is 6.04 Å². The van der Waals surface area contributed by atoms with Crippen LogP contribution in [-0.2, 0) is 30.4 Å². The van der Waals surface area contributed by atoms with Gasteiger partial charge < -0.3 is 31.9 Å². The monoisotopic (exact) mass is 506 g/mol. The van der Waals surface area contributed by atoms with Crippen LogP contribution in [-0.4, -0.2) is 64.0 Å². The maximum absolute atomic E-state index is 13.3. The summed E-state index contributed by atoms with van der Waals surface area (Å²) in [5.41, 5.74) is 6.73. The second kappa shape index (κ2) is 14.8. The first-order chi connectivity index (χ1) is 16.9. The average Bonchev–Trinajstić information content (AvgIpc) is 2.83. The Balaban J connectivity index is 3.12. The van der Waals surface area contributed by atoms with E-state index in [1.807, 2.05) is 6.07 Å². The van der Waals surface area contributed by atoms with Crippen LogP contribution in [0.2, 0.25) is 0 Å². The van der Waals surface area contributed by atoms with E-state index in [-0.39, 0.29) is 24.7 Å². The molecule has 1 rings (SSSR count). The van der Waals surface area contributed by atoms with E-state index in [9.17, 15) is 29.1 Å². The number of carbonyl (C=O) groups excluding carboxylic acids is 3. The minimum Gasteiger partial charge on any atom is -0.481 e. The van der Waals surface area contributed by atoms with Crippen molar-refractivity contribution >= 4 is 29.7 Å². The number of nitrogens with two attached hydrogens (primary N) is 1. The van der Waals surface area contributed by atoms with Gasteiger partial charge in [-0.2, -0.15) is 0 Å². The van der Waals surface area contributed by atoms with Crippen LogP contribution in [0.3, 0.4) is 0 Å². The molecule has 7 N–H and O–H groups in total. The van der Waals surface area contributed by atoms with Crippen molar-refractivity contribution in [3.8, 4) is 0 Å². The topological polar surface area (TPSA) is 188 Å². The summed E-state index contributed by atoms with van der Waals surface area (Å²) in [6.07, 6.45) is -0.121. The minimum absolute atomic E-state index is 0.147. The third-order valence-corrected chi connectivity index (χ3v) is 5.99. The molecule has 0 aromatic heterocycles. The molecule has 5 unspecified atom stereocenters. The van der Waals surface area contributed by atoms with E-state index in [4.69, 9.17) is 10.8 Å². The maximum Gasteiger partial charge on any atom is 0.326 e. The lowest BCUT2D eigenvalue weighted by atomic mass is 9.96. The lowest BCUT2D eigenvalue weighted by molar-refractivity contribution is -0.143. The lowest BCUT2D eigenvalue weighted by Gasteiger charge is -2.28. The van der Waals surface area contributed by atoms with Gasteiger partial charge >= 0.3 is 11.9 Å². The van der Waals surface area contributed by atoms with E-state index in [2.05, 4.69) is 16.0 Å². The van der Waals surface area contributed by atoms with E-state index in [0.717, 1.165) is 5.56 Å². The highest BCUT2D eigenvalue weighted by Crippen LogP contribution is 2.12. The molecular formula is C25H38N4O7. The molecule has 11 heteroatoms. The van der Waals surface area contributed by atoms with Crippen LogP contribution in [0.15, 0.2) is 30.3 Å². The van der Waals surface area contributed by atoms with Gasteiger partial charge in [-0.15, -0.1) is 0 Å². The Morgan fingerprint density at radius 3 is 1.94 bits per heavy atom. The molecule has 0 saturated carbocycles. The van der Waals surface area contributed by atoms with Gasteiger partial charge in [0.2, 0.25) is 17.7 Å². The van der Waals surface area contributed by atoms with Gasteiger partial charge in [-0.25, -0.2) is 4.79 Å². The third-order valence-electron chi connectivity index (χ3n) is 5.99. The number of hydrogen-bond acceptors (Lipinski definition) is 6. The molecule has 1 aromatic rings. The zero-order valence-electron chi connectivity index (χ0n) is 21.2. The van der Waals surface area contributed by atoms with Crippen molar-refractivity contribution in [2.75, 3.05) is 0 Å². The standard InChI is InChI=1S/C25H38N4O7/c1-5-15(4)21(24(34)27-17(25(35)36)11-12-19(30)31)29-22(32)18(13-16-9-7-6-8-10-16)28-23(33)20(26)14(2)3/h6-10,14-15,17-18,20-21H,5,11-13,26H2,1-4H3,(H,27,34)(H,28,33)(H,29,32)(H,30,31)(H,35,36). The molecule has 0 aliphatic rings. The first-order valence-corrected chi connectivity index (χ1v) is 12.0. The zero-order valence-corrected chi connectivity index (χ0v) is 21.2. The maximum atomic E-state index is 13.3. The van der Waals surface area contributed by atoms with Gasteiger partial charge in [0.15, 0.2) is 0 Å². The van der Waals surface area contributed by atoms with Gasteiger partial charge in [0, 0.05) is 12.8 Å². The smallest absolute Gasteiger partial charge is 0.326 e. The number of carboxylic acids is 2. The van der Waals surface area contributed by atoms with Crippen LogP contribution < -0.4 is 21.7 Å². The summed E-state index contributed by atoms with van der Waals surface area (Å²) < 4.78 is 0. The molecule has 3 amide bonds. The zero-order chi connectivity index (χ0) is 27.4. The molecule has 0 fully saturated rings. The summed E-state index contributed by atoms with van der Waals surface area (Å²) in [5.74, 6) is -5.00. The van der Waals surface area contributed by atoms with E-state index in [0.29, 0.717) is 6.42 Å². The quantitative estimate of drug-likeness (QED) is 0.200. The van der Waals surface area contributed by atoms with Gasteiger partial charge in [0.25, 0.3) is 0 Å². The number of benzene rings is 1. The van der Waals surface area contributed by atoms with Crippen molar-refractivity contribution in [3.63, 3.8) is 0 Å². The third kappa shape index (κ3) is 10.0. The Labute approximate surface area is 211 Å². The molecule has 0 radical (unpaired) electrons. The second-order valence-electron chi connectivity index (χ2n) is 9.22. The Morgan fingerprint density at radius 1 is 0.861 bits per heavy atom.